The summed E-state index contributed by atoms with van der Waals surface area (Å²) in [4.78, 5) is 14.1. The molecule has 2 aromatic rings. The van der Waals surface area contributed by atoms with Gasteiger partial charge >= 0.3 is 0 Å². The molecule has 0 fully saturated rings. The van der Waals surface area contributed by atoms with E-state index in [2.05, 4.69) is 33.3 Å². The van der Waals surface area contributed by atoms with Crippen LogP contribution < -0.4 is 10.2 Å². The van der Waals surface area contributed by atoms with Crippen LogP contribution in [0.2, 0.25) is 10.0 Å². The molecule has 142 valence electrons. The van der Waals surface area contributed by atoms with Crippen molar-refractivity contribution in [2.75, 3.05) is 27.2 Å². The van der Waals surface area contributed by atoms with Crippen LogP contribution in [0.1, 0.15) is 35.6 Å². The van der Waals surface area contributed by atoms with E-state index < -0.39 is 0 Å². The Hall–Kier alpha value is -1.56. The molecule has 2 rings (SSSR count). The molecule has 0 spiro atoms. The maximum absolute atomic E-state index is 12.8. The van der Waals surface area contributed by atoms with Crippen molar-refractivity contribution < 1.29 is 9.69 Å². The number of hydrogen-bond acceptors (Lipinski definition) is 2. The predicted molar refractivity (Wildman–Crippen MR) is 107 cm³/mol. The molecule has 2 N–H and O–H groups in total. The molecule has 0 aliphatic carbocycles. The molecule has 7 heteroatoms. The highest BCUT2D eigenvalue weighted by Gasteiger charge is 2.22. The lowest BCUT2D eigenvalue weighted by atomic mass is 10.0. The highest BCUT2D eigenvalue weighted by molar-refractivity contribution is 6.42. The molecule has 26 heavy (non-hydrogen) atoms. The van der Waals surface area contributed by atoms with E-state index in [0.29, 0.717) is 28.1 Å². The van der Waals surface area contributed by atoms with Crippen molar-refractivity contribution in [2.45, 2.75) is 27.2 Å². The Labute approximate surface area is 165 Å². The summed E-state index contributed by atoms with van der Waals surface area (Å²) < 4.78 is 1.77. The number of quaternary nitrogens is 1. The fourth-order valence-corrected chi connectivity index (χ4v) is 3.06. The van der Waals surface area contributed by atoms with Crippen LogP contribution in [0.5, 0.6) is 0 Å². The van der Waals surface area contributed by atoms with Crippen LogP contribution in [0.15, 0.2) is 18.2 Å². The maximum atomic E-state index is 12.8. The summed E-state index contributed by atoms with van der Waals surface area (Å²) in [5, 5.41) is 8.67. The number of rotatable bonds is 7. The van der Waals surface area contributed by atoms with Crippen molar-refractivity contribution in [3.63, 3.8) is 0 Å². The van der Waals surface area contributed by atoms with E-state index in [9.17, 15) is 4.79 Å². The van der Waals surface area contributed by atoms with E-state index >= 15 is 0 Å². The Bertz CT molecular complexity index is 784. The molecular weight excluding hydrogens is 371 g/mol. The van der Waals surface area contributed by atoms with Gasteiger partial charge in [-0.1, -0.05) is 37.0 Å². The Kier molecular flexibility index (Phi) is 7.09. The first-order valence-electron chi connectivity index (χ1n) is 8.81. The zero-order chi connectivity index (χ0) is 19.4. The largest absolute Gasteiger partial charge is 0.346 e. The summed E-state index contributed by atoms with van der Waals surface area (Å²) in [6, 6.07) is 5.35. The van der Waals surface area contributed by atoms with Crippen LogP contribution in [0.4, 0.5) is 0 Å². The van der Waals surface area contributed by atoms with Gasteiger partial charge in [-0.05, 0) is 37.5 Å². The lowest BCUT2D eigenvalue weighted by Crippen LogP contribution is -3.06. The zero-order valence-electron chi connectivity index (χ0n) is 16.0. The van der Waals surface area contributed by atoms with E-state index in [1.807, 2.05) is 13.0 Å². The van der Waals surface area contributed by atoms with E-state index in [1.165, 1.54) is 4.90 Å². The van der Waals surface area contributed by atoms with E-state index in [0.717, 1.165) is 30.0 Å². The standard InChI is InChI=1S/C19H26Cl2N4O/c1-12(2)10-17-18(19(26)22-8-9-24(4)5)13(3)25(23-17)14-6-7-15(20)16(21)11-14/h6-7,11-12H,8-10H2,1-5H3,(H,22,26)/p+1. The Morgan fingerprint density at radius 3 is 2.54 bits per heavy atom. The number of likely N-dealkylation sites (N-methyl/N-ethyl adjacent to an activating group) is 1. The van der Waals surface area contributed by atoms with Gasteiger partial charge in [-0.3, -0.25) is 4.79 Å². The van der Waals surface area contributed by atoms with Gasteiger partial charge in [0.1, 0.15) is 0 Å². The fraction of sp³-hybridized carbons (Fsp3) is 0.474. The molecule has 0 atom stereocenters. The molecule has 1 aromatic carbocycles. The van der Waals surface area contributed by atoms with Crippen LogP contribution >= 0.6 is 23.2 Å². The van der Waals surface area contributed by atoms with E-state index in [-0.39, 0.29) is 5.91 Å². The van der Waals surface area contributed by atoms with Crippen molar-refractivity contribution >= 4 is 29.1 Å². The molecule has 0 aliphatic rings. The molecule has 1 amide bonds. The Morgan fingerprint density at radius 1 is 1.27 bits per heavy atom. The second kappa shape index (κ2) is 8.89. The minimum atomic E-state index is -0.0780. The molecule has 1 heterocycles. The molecule has 5 nitrogen and oxygen atoms in total. The number of amides is 1. The summed E-state index contributed by atoms with van der Waals surface area (Å²) in [6.07, 6.45) is 0.733. The number of nitrogens with zero attached hydrogens (tertiary/aromatic N) is 2. The highest BCUT2D eigenvalue weighted by atomic mass is 35.5. The summed E-state index contributed by atoms with van der Waals surface area (Å²) in [6.45, 7) is 7.63. The molecule has 0 unspecified atom stereocenters. The summed E-state index contributed by atoms with van der Waals surface area (Å²) in [5.41, 5.74) is 3.05. The van der Waals surface area contributed by atoms with Gasteiger partial charge in [-0.15, -0.1) is 0 Å². The third-order valence-corrected chi connectivity index (χ3v) is 4.81. The number of carbonyl (C=O) groups is 1. The Morgan fingerprint density at radius 2 is 1.96 bits per heavy atom. The number of carbonyl (C=O) groups excluding carboxylic acids is 1. The quantitative estimate of drug-likeness (QED) is 0.753. The second-order valence-electron chi connectivity index (χ2n) is 7.23. The van der Waals surface area contributed by atoms with Crippen molar-refractivity contribution in [3.05, 3.63) is 45.2 Å². The maximum Gasteiger partial charge on any atom is 0.255 e. The van der Waals surface area contributed by atoms with Crippen LogP contribution in [-0.2, 0) is 6.42 Å². The zero-order valence-corrected chi connectivity index (χ0v) is 17.5. The SMILES string of the molecule is Cc1c(C(=O)NCC[NH+](C)C)c(CC(C)C)nn1-c1ccc(Cl)c(Cl)c1. The lowest BCUT2D eigenvalue weighted by Gasteiger charge is -2.10. The first kappa shape index (κ1) is 20.7. The average molecular weight is 398 g/mol. The van der Waals surface area contributed by atoms with Crippen molar-refractivity contribution in [1.82, 2.24) is 15.1 Å². The minimum absolute atomic E-state index is 0.0780. The topological polar surface area (TPSA) is 51.4 Å². The summed E-state index contributed by atoms with van der Waals surface area (Å²) in [5.74, 6) is 0.315. The lowest BCUT2D eigenvalue weighted by molar-refractivity contribution is -0.856. The molecule has 0 aliphatic heterocycles. The highest BCUT2D eigenvalue weighted by Crippen LogP contribution is 2.27. The smallest absolute Gasteiger partial charge is 0.255 e. The third kappa shape index (κ3) is 5.00. The number of nitrogens with one attached hydrogen (secondary N) is 2. The average Bonchev–Trinajstić information content (AvgIpc) is 2.85. The van der Waals surface area contributed by atoms with Gasteiger partial charge < -0.3 is 10.2 Å². The van der Waals surface area contributed by atoms with Gasteiger partial charge in [0.2, 0.25) is 0 Å². The van der Waals surface area contributed by atoms with Gasteiger partial charge in [-0.25, -0.2) is 4.68 Å². The minimum Gasteiger partial charge on any atom is -0.346 e. The normalized spacial score (nSPS) is 11.4. The second-order valence-corrected chi connectivity index (χ2v) is 8.04. The predicted octanol–water partition coefficient (Wildman–Crippen LogP) is 2.56. The summed E-state index contributed by atoms with van der Waals surface area (Å²) >= 11 is 12.2. The van der Waals surface area contributed by atoms with E-state index in [4.69, 9.17) is 28.3 Å². The van der Waals surface area contributed by atoms with Gasteiger partial charge in [0.05, 0.1) is 59.9 Å². The summed E-state index contributed by atoms with van der Waals surface area (Å²) in [7, 11) is 4.12. The number of hydrogen-bond donors (Lipinski definition) is 2. The van der Waals surface area contributed by atoms with Gasteiger partial charge in [0.25, 0.3) is 5.91 Å². The van der Waals surface area contributed by atoms with Gasteiger partial charge in [0.15, 0.2) is 0 Å². The number of aromatic nitrogens is 2. The van der Waals surface area contributed by atoms with Crippen molar-refractivity contribution in [3.8, 4) is 5.69 Å². The molecular formula is C19H27Cl2N4O+. The van der Waals surface area contributed by atoms with Crippen LogP contribution in [0.25, 0.3) is 5.69 Å². The molecule has 0 saturated heterocycles. The number of halogens is 2. The van der Waals surface area contributed by atoms with Crippen molar-refractivity contribution in [2.24, 2.45) is 5.92 Å². The Balaban J connectivity index is 2.40. The van der Waals surface area contributed by atoms with Crippen LogP contribution in [-0.4, -0.2) is 42.9 Å². The van der Waals surface area contributed by atoms with E-state index in [1.54, 1.807) is 16.8 Å². The molecule has 1 aromatic heterocycles. The fourth-order valence-electron chi connectivity index (χ4n) is 2.77. The first-order valence-corrected chi connectivity index (χ1v) is 9.57. The van der Waals surface area contributed by atoms with Crippen LogP contribution in [0, 0.1) is 12.8 Å². The number of benzene rings is 1. The monoisotopic (exact) mass is 397 g/mol. The first-order chi connectivity index (χ1) is 12.2. The molecule has 0 saturated carbocycles. The molecule has 0 bridgehead atoms. The van der Waals surface area contributed by atoms with Gasteiger partial charge in [0, 0.05) is 0 Å². The molecule has 0 radical (unpaired) electrons. The van der Waals surface area contributed by atoms with Crippen molar-refractivity contribution in [1.29, 1.82) is 0 Å². The van der Waals surface area contributed by atoms with Crippen LogP contribution in [0.3, 0.4) is 0 Å². The van der Waals surface area contributed by atoms with Gasteiger partial charge in [-0.2, -0.15) is 5.10 Å². The third-order valence-electron chi connectivity index (χ3n) is 4.08.